The van der Waals surface area contributed by atoms with Crippen molar-refractivity contribution in [2.24, 2.45) is 5.16 Å². The Morgan fingerprint density at radius 3 is 2.64 bits per heavy atom. The van der Waals surface area contributed by atoms with Gasteiger partial charge in [0.1, 0.15) is 11.6 Å². The van der Waals surface area contributed by atoms with Gasteiger partial charge in [-0.1, -0.05) is 29.4 Å². The summed E-state index contributed by atoms with van der Waals surface area (Å²) in [5.74, 6) is 1.11. The zero-order valence-electron chi connectivity index (χ0n) is 18.9. The molecule has 4 rings (SSSR count). The van der Waals surface area contributed by atoms with Crippen molar-refractivity contribution in [3.63, 3.8) is 0 Å². The SMILES string of the molecule is COCCCN1C(/C=C/c2ccc(-n3ccnc3)c(OC)c2)=NOC1(C)c1ccc(F)cc1. The highest BCUT2D eigenvalue weighted by atomic mass is 19.1. The van der Waals surface area contributed by atoms with Crippen LogP contribution in [-0.4, -0.2) is 47.7 Å². The van der Waals surface area contributed by atoms with Crippen molar-refractivity contribution in [3.8, 4) is 11.4 Å². The lowest BCUT2D eigenvalue weighted by molar-refractivity contribution is -0.0914. The van der Waals surface area contributed by atoms with Crippen LogP contribution in [0.4, 0.5) is 4.39 Å². The molecule has 0 amide bonds. The highest BCUT2D eigenvalue weighted by Crippen LogP contribution is 2.35. The first-order valence-electron chi connectivity index (χ1n) is 10.7. The lowest BCUT2D eigenvalue weighted by atomic mass is 10.0. The van der Waals surface area contributed by atoms with Crippen LogP contribution >= 0.6 is 0 Å². The Kier molecular flexibility index (Phi) is 6.74. The third-order valence-electron chi connectivity index (χ3n) is 5.63. The number of amidine groups is 1. The van der Waals surface area contributed by atoms with Crippen molar-refractivity contribution in [2.75, 3.05) is 27.4 Å². The summed E-state index contributed by atoms with van der Waals surface area (Å²) in [6, 6.07) is 12.2. The molecule has 2 heterocycles. The van der Waals surface area contributed by atoms with Gasteiger partial charge in [0, 0.05) is 45.1 Å². The minimum absolute atomic E-state index is 0.291. The Bertz CT molecular complexity index is 1130. The van der Waals surface area contributed by atoms with Crippen molar-refractivity contribution in [1.29, 1.82) is 0 Å². The molecule has 7 nitrogen and oxygen atoms in total. The molecule has 33 heavy (non-hydrogen) atoms. The van der Waals surface area contributed by atoms with Gasteiger partial charge in [0.15, 0.2) is 5.84 Å². The molecule has 0 fully saturated rings. The molecule has 0 N–H and O–H groups in total. The number of aromatic nitrogens is 2. The molecule has 0 bridgehead atoms. The van der Waals surface area contributed by atoms with E-state index in [-0.39, 0.29) is 5.82 Å². The molecule has 0 spiro atoms. The average molecular weight is 451 g/mol. The van der Waals surface area contributed by atoms with E-state index in [1.807, 2.05) is 48.0 Å². The van der Waals surface area contributed by atoms with Crippen LogP contribution in [0.25, 0.3) is 11.8 Å². The molecule has 3 aromatic rings. The van der Waals surface area contributed by atoms with Gasteiger partial charge in [0.2, 0.25) is 5.72 Å². The van der Waals surface area contributed by atoms with Crippen LogP contribution in [0.15, 0.2) is 72.4 Å². The summed E-state index contributed by atoms with van der Waals surface area (Å²) in [4.78, 5) is 12.0. The van der Waals surface area contributed by atoms with Gasteiger partial charge in [-0.25, -0.2) is 9.37 Å². The Labute approximate surface area is 192 Å². The maximum atomic E-state index is 13.5. The van der Waals surface area contributed by atoms with Gasteiger partial charge in [0.25, 0.3) is 0 Å². The van der Waals surface area contributed by atoms with Gasteiger partial charge in [0.05, 0.1) is 19.1 Å². The summed E-state index contributed by atoms with van der Waals surface area (Å²) in [6.07, 6.45) is 9.98. The number of methoxy groups -OCH3 is 2. The molecule has 2 aromatic carbocycles. The molecule has 0 saturated carbocycles. The molecular weight excluding hydrogens is 423 g/mol. The lowest BCUT2D eigenvalue weighted by Gasteiger charge is -2.34. The monoisotopic (exact) mass is 450 g/mol. The number of ether oxygens (including phenoxy) is 2. The van der Waals surface area contributed by atoms with Crippen LogP contribution < -0.4 is 4.74 Å². The van der Waals surface area contributed by atoms with Crippen molar-refractivity contribution < 1.29 is 18.7 Å². The number of nitrogens with zero attached hydrogens (tertiary/aromatic N) is 4. The highest BCUT2D eigenvalue weighted by Gasteiger charge is 2.42. The first-order chi connectivity index (χ1) is 16.0. The van der Waals surface area contributed by atoms with Crippen molar-refractivity contribution in [3.05, 3.63) is 84.2 Å². The van der Waals surface area contributed by atoms with E-state index in [4.69, 9.17) is 14.3 Å². The molecule has 1 atom stereocenters. The summed E-state index contributed by atoms with van der Waals surface area (Å²) in [6.45, 7) is 3.20. The van der Waals surface area contributed by atoms with E-state index in [1.165, 1.54) is 12.1 Å². The Morgan fingerprint density at radius 1 is 1.12 bits per heavy atom. The Morgan fingerprint density at radius 2 is 1.94 bits per heavy atom. The molecule has 1 aliphatic heterocycles. The molecule has 1 unspecified atom stereocenters. The zero-order chi connectivity index (χ0) is 23.3. The summed E-state index contributed by atoms with van der Waals surface area (Å²) >= 11 is 0. The van der Waals surface area contributed by atoms with E-state index in [0.29, 0.717) is 19.0 Å². The van der Waals surface area contributed by atoms with E-state index in [2.05, 4.69) is 15.0 Å². The molecule has 1 aliphatic rings. The average Bonchev–Trinajstić information content (AvgIpc) is 3.47. The normalized spacial score (nSPS) is 17.9. The fourth-order valence-electron chi connectivity index (χ4n) is 3.82. The maximum absolute atomic E-state index is 13.5. The minimum Gasteiger partial charge on any atom is -0.495 e. The van der Waals surface area contributed by atoms with Gasteiger partial charge >= 0.3 is 0 Å². The smallest absolute Gasteiger partial charge is 0.234 e. The number of hydrogen-bond acceptors (Lipinski definition) is 6. The topological polar surface area (TPSA) is 61.1 Å². The van der Waals surface area contributed by atoms with Crippen LogP contribution in [0.5, 0.6) is 5.75 Å². The highest BCUT2D eigenvalue weighted by molar-refractivity contribution is 5.97. The number of hydrogen-bond donors (Lipinski definition) is 0. The number of rotatable bonds is 9. The van der Waals surface area contributed by atoms with E-state index in [1.54, 1.807) is 38.9 Å². The fourth-order valence-corrected chi connectivity index (χ4v) is 3.82. The number of halogens is 1. The summed E-state index contributed by atoms with van der Waals surface area (Å²) in [7, 11) is 3.32. The fraction of sp³-hybridized carbons (Fsp3) is 0.280. The molecule has 0 aliphatic carbocycles. The summed E-state index contributed by atoms with van der Waals surface area (Å²) in [5, 5.41) is 4.34. The summed E-state index contributed by atoms with van der Waals surface area (Å²) in [5.41, 5.74) is 1.83. The van der Waals surface area contributed by atoms with E-state index in [9.17, 15) is 4.39 Å². The predicted molar refractivity (Wildman–Crippen MR) is 125 cm³/mol. The van der Waals surface area contributed by atoms with Gasteiger partial charge in [-0.05, 0) is 42.3 Å². The largest absolute Gasteiger partial charge is 0.495 e. The standard InChI is InChI=1S/C25H27FN4O3/c1-25(20-7-9-21(26)10-8-20)30(14-4-16-31-2)24(28-33-25)12-6-19-5-11-22(23(17-19)32-3)29-15-13-27-18-29/h5-13,15,17-18H,4,14,16H2,1-3H3/b12-6+. The minimum atomic E-state index is -0.843. The predicted octanol–water partition coefficient (Wildman–Crippen LogP) is 4.59. The van der Waals surface area contributed by atoms with Gasteiger partial charge in [-0.2, -0.15) is 0 Å². The Hall–Kier alpha value is -3.65. The molecular formula is C25H27FN4O3. The summed E-state index contributed by atoms with van der Waals surface area (Å²) < 4.78 is 26.2. The molecule has 1 aromatic heterocycles. The Balaban J connectivity index is 1.58. The second-order valence-electron chi connectivity index (χ2n) is 7.76. The van der Waals surface area contributed by atoms with Crippen LogP contribution in [0.2, 0.25) is 0 Å². The second kappa shape index (κ2) is 9.87. The maximum Gasteiger partial charge on any atom is 0.234 e. The number of benzene rings is 2. The molecule has 8 heteroatoms. The molecule has 0 saturated heterocycles. The van der Waals surface area contributed by atoms with Gasteiger partial charge in [-0.15, -0.1) is 0 Å². The van der Waals surface area contributed by atoms with Gasteiger partial charge < -0.3 is 23.8 Å². The second-order valence-corrected chi connectivity index (χ2v) is 7.76. The molecule has 172 valence electrons. The van der Waals surface area contributed by atoms with Crippen molar-refractivity contribution >= 4 is 11.9 Å². The van der Waals surface area contributed by atoms with Crippen LogP contribution in [0.3, 0.4) is 0 Å². The van der Waals surface area contributed by atoms with Gasteiger partial charge in [-0.3, -0.25) is 0 Å². The van der Waals surface area contributed by atoms with Crippen molar-refractivity contribution in [1.82, 2.24) is 14.5 Å². The third-order valence-corrected chi connectivity index (χ3v) is 5.63. The van der Waals surface area contributed by atoms with E-state index < -0.39 is 5.72 Å². The first kappa shape index (κ1) is 22.5. The number of imidazole rings is 1. The van der Waals surface area contributed by atoms with Crippen LogP contribution in [0.1, 0.15) is 24.5 Å². The van der Waals surface area contributed by atoms with E-state index >= 15 is 0 Å². The first-order valence-corrected chi connectivity index (χ1v) is 10.7. The van der Waals surface area contributed by atoms with Crippen molar-refractivity contribution in [2.45, 2.75) is 19.1 Å². The zero-order valence-corrected chi connectivity index (χ0v) is 18.9. The van der Waals surface area contributed by atoms with Crippen LogP contribution in [0, 0.1) is 5.82 Å². The third kappa shape index (κ3) is 4.75. The van der Waals surface area contributed by atoms with Crippen LogP contribution in [-0.2, 0) is 15.3 Å². The quantitative estimate of drug-likeness (QED) is 0.447. The molecule has 0 radical (unpaired) electrons. The number of oxime groups is 1. The van der Waals surface area contributed by atoms with E-state index in [0.717, 1.165) is 29.0 Å². The lowest BCUT2D eigenvalue weighted by Crippen LogP contribution is -2.44.